The number of anilines is 1. The fourth-order valence-electron chi connectivity index (χ4n) is 4.25. The molecule has 0 aromatic carbocycles. The quantitative estimate of drug-likeness (QED) is 0.876. The lowest BCUT2D eigenvalue weighted by Crippen LogP contribution is -2.36. The number of pyridine rings is 1. The number of aryl methyl sites for hydroxylation is 1. The average molecular weight is 341 g/mol. The molecule has 25 heavy (non-hydrogen) atoms. The first-order chi connectivity index (χ1) is 12.1. The van der Waals surface area contributed by atoms with E-state index in [4.69, 9.17) is 0 Å². The van der Waals surface area contributed by atoms with Crippen LogP contribution in [0.15, 0.2) is 36.9 Å². The first-order valence-corrected chi connectivity index (χ1v) is 8.75. The van der Waals surface area contributed by atoms with Gasteiger partial charge in [-0.25, -0.2) is 9.78 Å². The zero-order chi connectivity index (χ0) is 17.4. The molecular formula is C18H23N5O2. The highest BCUT2D eigenvalue weighted by atomic mass is 16.3. The summed E-state index contributed by atoms with van der Waals surface area (Å²) in [5, 5.41) is 13.5. The molecule has 2 amide bonds. The number of amides is 2. The molecule has 2 fully saturated rings. The molecule has 7 heteroatoms. The summed E-state index contributed by atoms with van der Waals surface area (Å²) in [5.41, 5.74) is 0.703. The third-order valence-electron chi connectivity index (χ3n) is 5.53. The SMILES string of the molecule is Cc1nccn1[C@H]1C[C@H]2CN(C(=O)Nc3cccnc3)C[C@H]2C[C@@H]1O. The molecular weight excluding hydrogens is 318 g/mol. The van der Waals surface area contributed by atoms with Crippen LogP contribution in [0.3, 0.4) is 0 Å². The van der Waals surface area contributed by atoms with Crippen LogP contribution in [0.4, 0.5) is 10.5 Å². The summed E-state index contributed by atoms with van der Waals surface area (Å²) in [7, 11) is 0. The highest BCUT2D eigenvalue weighted by Crippen LogP contribution is 2.41. The third kappa shape index (κ3) is 3.11. The molecule has 1 saturated carbocycles. The van der Waals surface area contributed by atoms with Gasteiger partial charge in [-0.15, -0.1) is 0 Å². The van der Waals surface area contributed by atoms with Crippen LogP contribution in [-0.4, -0.2) is 49.8 Å². The van der Waals surface area contributed by atoms with Crippen LogP contribution in [0.25, 0.3) is 0 Å². The van der Waals surface area contributed by atoms with E-state index in [1.807, 2.05) is 24.1 Å². The highest BCUT2D eigenvalue weighted by Gasteiger charge is 2.43. The Labute approximate surface area is 146 Å². The second kappa shape index (κ2) is 6.48. The monoisotopic (exact) mass is 341 g/mol. The molecule has 7 nitrogen and oxygen atoms in total. The minimum absolute atomic E-state index is 0.0464. The van der Waals surface area contributed by atoms with E-state index in [-0.39, 0.29) is 12.1 Å². The van der Waals surface area contributed by atoms with E-state index in [1.165, 1.54) is 0 Å². The van der Waals surface area contributed by atoms with Crippen molar-refractivity contribution in [2.24, 2.45) is 11.8 Å². The number of likely N-dealkylation sites (tertiary alicyclic amines) is 1. The second-order valence-corrected chi connectivity index (χ2v) is 7.08. The van der Waals surface area contributed by atoms with Crippen molar-refractivity contribution in [3.8, 4) is 0 Å². The number of rotatable bonds is 2. The number of carbonyl (C=O) groups is 1. The third-order valence-corrected chi connectivity index (χ3v) is 5.53. The maximum atomic E-state index is 12.5. The Bertz CT molecular complexity index is 747. The lowest BCUT2D eigenvalue weighted by atomic mass is 9.77. The second-order valence-electron chi connectivity index (χ2n) is 7.08. The van der Waals surface area contributed by atoms with Crippen molar-refractivity contribution in [1.29, 1.82) is 0 Å². The number of hydrogen-bond acceptors (Lipinski definition) is 4. The van der Waals surface area contributed by atoms with Crippen LogP contribution in [0.5, 0.6) is 0 Å². The zero-order valence-corrected chi connectivity index (χ0v) is 14.2. The van der Waals surface area contributed by atoms with E-state index in [9.17, 15) is 9.90 Å². The standard InChI is InChI=1S/C18H23N5O2/c1-12-20-5-6-23(12)16-7-13-10-22(11-14(13)8-17(16)24)18(25)21-15-3-2-4-19-9-15/h2-6,9,13-14,16-17,24H,7-8,10-11H2,1H3,(H,21,25)/t13-,14+,16-,17-/m0/s1. The molecule has 1 saturated heterocycles. The molecule has 4 atom stereocenters. The molecule has 2 N–H and O–H groups in total. The molecule has 0 unspecified atom stereocenters. The Hall–Kier alpha value is -2.41. The van der Waals surface area contributed by atoms with Crippen molar-refractivity contribution in [2.75, 3.05) is 18.4 Å². The van der Waals surface area contributed by atoms with Gasteiger partial charge in [0.1, 0.15) is 5.82 Å². The van der Waals surface area contributed by atoms with Gasteiger partial charge in [-0.3, -0.25) is 4.98 Å². The Kier molecular flexibility index (Phi) is 4.17. The maximum absolute atomic E-state index is 12.5. The van der Waals surface area contributed by atoms with E-state index < -0.39 is 6.10 Å². The van der Waals surface area contributed by atoms with Gasteiger partial charge < -0.3 is 19.9 Å². The molecule has 0 spiro atoms. The summed E-state index contributed by atoms with van der Waals surface area (Å²) in [5.74, 6) is 1.69. The molecule has 2 aromatic heterocycles. The fourth-order valence-corrected chi connectivity index (χ4v) is 4.25. The van der Waals surface area contributed by atoms with Gasteiger partial charge in [-0.05, 0) is 43.7 Å². The van der Waals surface area contributed by atoms with Gasteiger partial charge in [-0.2, -0.15) is 0 Å². The molecule has 0 bridgehead atoms. The first-order valence-electron chi connectivity index (χ1n) is 8.75. The van der Waals surface area contributed by atoms with Crippen molar-refractivity contribution in [2.45, 2.75) is 31.9 Å². The smallest absolute Gasteiger partial charge is 0.321 e. The van der Waals surface area contributed by atoms with Gasteiger partial charge in [-0.1, -0.05) is 0 Å². The largest absolute Gasteiger partial charge is 0.391 e. The maximum Gasteiger partial charge on any atom is 0.321 e. The van der Waals surface area contributed by atoms with Gasteiger partial charge in [0, 0.05) is 31.7 Å². The van der Waals surface area contributed by atoms with Crippen LogP contribution in [0.1, 0.15) is 24.7 Å². The molecule has 1 aliphatic heterocycles. The van der Waals surface area contributed by atoms with E-state index in [2.05, 4.69) is 19.9 Å². The summed E-state index contributed by atoms with van der Waals surface area (Å²) in [4.78, 5) is 22.7. The van der Waals surface area contributed by atoms with E-state index in [0.717, 1.165) is 25.2 Å². The van der Waals surface area contributed by atoms with E-state index in [0.29, 0.717) is 24.1 Å². The molecule has 1 aliphatic carbocycles. The Morgan fingerprint density at radius 3 is 2.76 bits per heavy atom. The van der Waals surface area contributed by atoms with Crippen molar-refractivity contribution < 1.29 is 9.90 Å². The molecule has 2 aromatic rings. The van der Waals surface area contributed by atoms with Crippen molar-refractivity contribution in [1.82, 2.24) is 19.4 Å². The first kappa shape index (κ1) is 16.1. The van der Waals surface area contributed by atoms with Crippen LogP contribution in [0, 0.1) is 18.8 Å². The van der Waals surface area contributed by atoms with Gasteiger partial charge in [0.05, 0.1) is 24.0 Å². The lowest BCUT2D eigenvalue weighted by Gasteiger charge is -2.36. The highest BCUT2D eigenvalue weighted by molar-refractivity contribution is 5.89. The molecule has 4 rings (SSSR count). The summed E-state index contributed by atoms with van der Waals surface area (Å²) >= 11 is 0. The number of aliphatic hydroxyl groups excluding tert-OH is 1. The molecule has 0 radical (unpaired) electrons. The number of urea groups is 1. The van der Waals surface area contributed by atoms with Gasteiger partial charge >= 0.3 is 6.03 Å². The molecule has 132 valence electrons. The molecule has 2 aliphatic rings. The van der Waals surface area contributed by atoms with E-state index >= 15 is 0 Å². The predicted molar refractivity (Wildman–Crippen MR) is 93.1 cm³/mol. The predicted octanol–water partition coefficient (Wildman–Crippen LogP) is 2.06. The zero-order valence-electron chi connectivity index (χ0n) is 14.2. The number of imidazole rings is 1. The van der Waals surface area contributed by atoms with Crippen molar-refractivity contribution in [3.05, 3.63) is 42.7 Å². The Morgan fingerprint density at radius 2 is 2.08 bits per heavy atom. The van der Waals surface area contributed by atoms with Gasteiger partial charge in [0.15, 0.2) is 0 Å². The molecule has 3 heterocycles. The van der Waals surface area contributed by atoms with Crippen molar-refractivity contribution in [3.63, 3.8) is 0 Å². The number of carbonyl (C=O) groups excluding carboxylic acids is 1. The average Bonchev–Trinajstić information content (AvgIpc) is 3.20. The van der Waals surface area contributed by atoms with Crippen LogP contribution in [-0.2, 0) is 0 Å². The fraction of sp³-hybridized carbons (Fsp3) is 0.500. The minimum Gasteiger partial charge on any atom is -0.391 e. The summed E-state index contributed by atoms with van der Waals surface area (Å²) in [6.07, 6.45) is 8.24. The lowest BCUT2D eigenvalue weighted by molar-refractivity contribution is 0.0350. The van der Waals surface area contributed by atoms with Gasteiger partial charge in [0.25, 0.3) is 0 Å². The van der Waals surface area contributed by atoms with E-state index in [1.54, 1.807) is 24.7 Å². The normalized spacial score (nSPS) is 28.6. The topological polar surface area (TPSA) is 83.3 Å². The van der Waals surface area contributed by atoms with Crippen molar-refractivity contribution >= 4 is 11.7 Å². The Morgan fingerprint density at radius 1 is 1.28 bits per heavy atom. The Balaban J connectivity index is 1.43. The summed E-state index contributed by atoms with van der Waals surface area (Å²) < 4.78 is 2.07. The number of hydrogen-bond donors (Lipinski definition) is 2. The van der Waals surface area contributed by atoms with Gasteiger partial charge in [0.2, 0.25) is 0 Å². The number of nitrogens with zero attached hydrogens (tertiary/aromatic N) is 4. The number of aromatic nitrogens is 3. The van der Waals surface area contributed by atoms with Crippen LogP contribution < -0.4 is 5.32 Å². The number of nitrogens with one attached hydrogen (secondary N) is 1. The summed E-state index contributed by atoms with van der Waals surface area (Å²) in [6.45, 7) is 3.39. The number of fused-ring (bicyclic) bond motifs is 1. The van der Waals surface area contributed by atoms with Crippen LogP contribution >= 0.6 is 0 Å². The number of aliphatic hydroxyl groups is 1. The summed E-state index contributed by atoms with van der Waals surface area (Å²) in [6, 6.07) is 3.58. The van der Waals surface area contributed by atoms with Crippen LogP contribution in [0.2, 0.25) is 0 Å². The minimum atomic E-state index is -0.393.